The smallest absolute Gasteiger partial charge is 0.334 e. The molecular weight excluding hydrogens is 310 g/mol. The van der Waals surface area contributed by atoms with E-state index in [1.807, 2.05) is 0 Å². The average Bonchev–Trinajstić information content (AvgIpc) is 2.30. The summed E-state index contributed by atoms with van der Waals surface area (Å²) >= 11 is 3.11. The van der Waals surface area contributed by atoms with Crippen LogP contribution in [0.3, 0.4) is 0 Å². The zero-order chi connectivity index (χ0) is 13.7. The highest BCUT2D eigenvalue weighted by Gasteiger charge is 2.17. The molecule has 0 spiro atoms. The number of carboxylic acid groups (broad SMARTS) is 1. The van der Waals surface area contributed by atoms with E-state index in [2.05, 4.69) is 26.2 Å². The van der Waals surface area contributed by atoms with Gasteiger partial charge in [-0.3, -0.25) is 10.1 Å². The van der Waals surface area contributed by atoms with Gasteiger partial charge in [-0.1, -0.05) is 0 Å². The van der Waals surface area contributed by atoms with Gasteiger partial charge in [0.1, 0.15) is 12.0 Å². The predicted octanol–water partition coefficient (Wildman–Crippen LogP) is 1.26. The lowest BCUT2D eigenvalue weighted by Crippen LogP contribution is -2.30. The van der Waals surface area contributed by atoms with Crippen LogP contribution in [-0.4, -0.2) is 40.7 Å². The largest absolute Gasteiger partial charge is 0.479 e. The van der Waals surface area contributed by atoms with Gasteiger partial charge in [-0.25, -0.2) is 9.78 Å². The third-order valence-corrected chi connectivity index (χ3v) is 2.66. The first-order chi connectivity index (χ1) is 8.45. The molecule has 0 aliphatic carbocycles. The number of aromatic nitrogens is 1. The summed E-state index contributed by atoms with van der Waals surface area (Å²) in [7, 11) is 1.28. The lowest BCUT2D eigenvalue weighted by Gasteiger charge is -2.12. The van der Waals surface area contributed by atoms with Crippen molar-refractivity contribution in [2.45, 2.75) is 6.10 Å². The molecule has 98 valence electrons. The minimum atomic E-state index is -1.11. The number of aliphatic carboxylic acids is 1. The van der Waals surface area contributed by atoms with Crippen molar-refractivity contribution in [2.75, 3.05) is 19.0 Å². The van der Waals surface area contributed by atoms with E-state index in [0.29, 0.717) is 10.3 Å². The number of halogens is 1. The van der Waals surface area contributed by atoms with Gasteiger partial charge in [0.05, 0.1) is 15.9 Å². The molecule has 0 aliphatic heterocycles. The van der Waals surface area contributed by atoms with E-state index < -0.39 is 17.0 Å². The molecule has 18 heavy (non-hydrogen) atoms. The number of nitrogens with one attached hydrogen (secondary N) is 1. The quantitative estimate of drug-likeness (QED) is 0.599. The summed E-state index contributed by atoms with van der Waals surface area (Å²) in [4.78, 5) is 24.4. The molecular formula is C9H10BrN3O5. The summed E-state index contributed by atoms with van der Waals surface area (Å²) in [6.45, 7) is -0.00472. The van der Waals surface area contributed by atoms with Crippen LogP contribution in [0.4, 0.5) is 11.5 Å². The van der Waals surface area contributed by atoms with Gasteiger partial charge in [-0.15, -0.1) is 0 Å². The standard InChI is InChI=1S/C9H10BrN3O5/c1-18-7(9(14)15)4-12-8-6(10)2-5(3-11-8)13(16)17/h2-3,7H,4H2,1H3,(H,11,12)(H,14,15). The van der Waals surface area contributed by atoms with Crippen molar-refractivity contribution in [3.8, 4) is 0 Å². The molecule has 1 atom stereocenters. The molecule has 0 radical (unpaired) electrons. The van der Waals surface area contributed by atoms with Crippen LogP contribution in [0, 0.1) is 10.1 Å². The lowest BCUT2D eigenvalue weighted by atomic mass is 10.3. The molecule has 0 saturated heterocycles. The van der Waals surface area contributed by atoms with E-state index >= 15 is 0 Å². The van der Waals surface area contributed by atoms with Crippen LogP contribution >= 0.6 is 15.9 Å². The van der Waals surface area contributed by atoms with E-state index in [-0.39, 0.29) is 12.2 Å². The molecule has 8 nitrogen and oxygen atoms in total. The highest BCUT2D eigenvalue weighted by molar-refractivity contribution is 9.10. The van der Waals surface area contributed by atoms with Gasteiger partial charge in [0, 0.05) is 13.2 Å². The van der Waals surface area contributed by atoms with E-state index in [1.54, 1.807) is 0 Å². The molecule has 1 aromatic rings. The van der Waals surface area contributed by atoms with Crippen LogP contribution < -0.4 is 5.32 Å². The molecule has 0 amide bonds. The fourth-order valence-electron chi connectivity index (χ4n) is 1.12. The number of ether oxygens (including phenoxy) is 1. The van der Waals surface area contributed by atoms with E-state index in [9.17, 15) is 14.9 Å². The summed E-state index contributed by atoms with van der Waals surface area (Å²) in [5.41, 5.74) is -0.158. The third kappa shape index (κ3) is 3.64. The molecule has 1 heterocycles. The van der Waals surface area contributed by atoms with Crippen molar-refractivity contribution in [3.63, 3.8) is 0 Å². The van der Waals surface area contributed by atoms with Crippen molar-refractivity contribution in [1.29, 1.82) is 0 Å². The number of carbonyl (C=O) groups is 1. The first kappa shape index (κ1) is 14.3. The van der Waals surface area contributed by atoms with E-state index in [1.165, 1.54) is 13.2 Å². The Morgan fingerprint density at radius 3 is 2.89 bits per heavy atom. The minimum absolute atomic E-state index is 0.00472. The highest BCUT2D eigenvalue weighted by Crippen LogP contribution is 2.24. The van der Waals surface area contributed by atoms with Crippen LogP contribution in [0.25, 0.3) is 0 Å². The summed E-state index contributed by atoms with van der Waals surface area (Å²) < 4.78 is 5.09. The molecule has 0 saturated carbocycles. The fraction of sp³-hybridized carbons (Fsp3) is 0.333. The lowest BCUT2D eigenvalue weighted by molar-refractivity contribution is -0.385. The Morgan fingerprint density at radius 2 is 2.44 bits per heavy atom. The van der Waals surface area contributed by atoms with Gasteiger partial charge in [0.15, 0.2) is 6.10 Å². The van der Waals surface area contributed by atoms with E-state index in [0.717, 1.165) is 6.20 Å². The maximum Gasteiger partial charge on any atom is 0.334 e. The predicted molar refractivity (Wildman–Crippen MR) is 65.5 cm³/mol. The molecule has 1 unspecified atom stereocenters. The maximum atomic E-state index is 10.7. The summed E-state index contributed by atoms with van der Waals surface area (Å²) in [5.74, 6) is -0.799. The number of pyridine rings is 1. The molecule has 1 aromatic heterocycles. The van der Waals surface area contributed by atoms with Gasteiger partial charge >= 0.3 is 5.97 Å². The molecule has 1 rings (SSSR count). The SMILES string of the molecule is COC(CNc1ncc([N+](=O)[O-])cc1Br)C(=O)O. The number of carboxylic acids is 1. The zero-order valence-corrected chi connectivity index (χ0v) is 10.9. The first-order valence-electron chi connectivity index (χ1n) is 4.75. The number of rotatable bonds is 6. The second kappa shape index (κ2) is 6.26. The summed E-state index contributed by atoms with van der Waals surface area (Å²) in [6, 6.07) is 1.28. The van der Waals surface area contributed by atoms with Crippen molar-refractivity contribution in [2.24, 2.45) is 0 Å². The van der Waals surface area contributed by atoms with Crippen molar-refractivity contribution >= 4 is 33.4 Å². The van der Waals surface area contributed by atoms with Gasteiger partial charge < -0.3 is 15.2 Å². The second-order valence-corrected chi connectivity index (χ2v) is 4.08. The average molecular weight is 320 g/mol. The van der Waals surface area contributed by atoms with Gasteiger partial charge in [-0.2, -0.15) is 0 Å². The van der Waals surface area contributed by atoms with Crippen LogP contribution in [0.15, 0.2) is 16.7 Å². The molecule has 0 fully saturated rings. The number of hydrogen-bond donors (Lipinski definition) is 2. The van der Waals surface area contributed by atoms with Crippen molar-refractivity contribution < 1.29 is 19.6 Å². The number of methoxy groups -OCH3 is 1. The Labute approximate surface area is 110 Å². The van der Waals surface area contributed by atoms with Crippen LogP contribution in [0.1, 0.15) is 0 Å². The summed E-state index contributed by atoms with van der Waals surface area (Å²) in [6.07, 6.45) is 0.0595. The number of nitrogens with zero attached hydrogens (tertiary/aromatic N) is 2. The Bertz CT molecular complexity index is 468. The Balaban J connectivity index is 2.74. The van der Waals surface area contributed by atoms with Crippen molar-refractivity contribution in [3.05, 3.63) is 26.9 Å². The molecule has 0 bridgehead atoms. The minimum Gasteiger partial charge on any atom is -0.479 e. The number of anilines is 1. The third-order valence-electron chi connectivity index (χ3n) is 2.05. The second-order valence-electron chi connectivity index (χ2n) is 3.22. The van der Waals surface area contributed by atoms with E-state index in [4.69, 9.17) is 9.84 Å². The fourth-order valence-corrected chi connectivity index (χ4v) is 1.60. The van der Waals surface area contributed by atoms with Gasteiger partial charge in [0.2, 0.25) is 0 Å². The van der Waals surface area contributed by atoms with Crippen LogP contribution in [0.5, 0.6) is 0 Å². The van der Waals surface area contributed by atoms with Crippen molar-refractivity contribution in [1.82, 2.24) is 4.98 Å². The molecule has 2 N–H and O–H groups in total. The van der Waals surface area contributed by atoms with Crippen LogP contribution in [-0.2, 0) is 9.53 Å². The van der Waals surface area contributed by atoms with Crippen LogP contribution in [0.2, 0.25) is 0 Å². The Hall–Kier alpha value is -1.74. The van der Waals surface area contributed by atoms with Gasteiger partial charge in [0.25, 0.3) is 5.69 Å². The molecule has 0 aliphatic rings. The summed E-state index contributed by atoms with van der Waals surface area (Å²) in [5, 5.41) is 22.0. The Kier molecular flexibility index (Phi) is 4.98. The maximum absolute atomic E-state index is 10.7. The first-order valence-corrected chi connectivity index (χ1v) is 5.54. The number of hydrogen-bond acceptors (Lipinski definition) is 6. The van der Waals surface area contributed by atoms with Gasteiger partial charge in [-0.05, 0) is 15.9 Å². The Morgan fingerprint density at radius 1 is 1.78 bits per heavy atom. The monoisotopic (exact) mass is 319 g/mol. The zero-order valence-electron chi connectivity index (χ0n) is 9.29. The highest BCUT2D eigenvalue weighted by atomic mass is 79.9. The topological polar surface area (TPSA) is 115 Å². The normalized spacial score (nSPS) is 11.9. The number of nitro groups is 1. The molecule has 9 heteroatoms. The molecule has 0 aromatic carbocycles.